The lowest BCUT2D eigenvalue weighted by Gasteiger charge is -2.12. The van der Waals surface area contributed by atoms with E-state index in [9.17, 15) is 10.2 Å². The Morgan fingerprint density at radius 2 is 1.84 bits per heavy atom. The summed E-state index contributed by atoms with van der Waals surface area (Å²) in [5.41, 5.74) is 2.12. The van der Waals surface area contributed by atoms with Gasteiger partial charge in [-0.3, -0.25) is 4.90 Å². The van der Waals surface area contributed by atoms with E-state index in [-0.39, 0.29) is 0 Å². The average Bonchev–Trinajstić information content (AvgIpc) is 2.99. The number of hydrogen-bond acceptors (Lipinski definition) is 5. The highest BCUT2D eigenvalue weighted by molar-refractivity contribution is 7.13. The van der Waals surface area contributed by atoms with E-state index in [0.29, 0.717) is 19.6 Å². The van der Waals surface area contributed by atoms with Crippen molar-refractivity contribution in [1.82, 2.24) is 9.88 Å². The Kier molecular flexibility index (Phi) is 3.61. The second-order valence-electron chi connectivity index (χ2n) is 4.84. The van der Waals surface area contributed by atoms with Gasteiger partial charge < -0.3 is 10.2 Å². The highest BCUT2D eigenvalue weighted by Gasteiger charge is 2.29. The number of aliphatic hydroxyl groups excluding tert-OH is 2. The minimum Gasteiger partial charge on any atom is -0.389 e. The average molecular weight is 276 g/mol. The maximum atomic E-state index is 9.52. The molecule has 1 saturated heterocycles. The van der Waals surface area contributed by atoms with Crippen molar-refractivity contribution < 1.29 is 10.2 Å². The lowest BCUT2D eigenvalue weighted by molar-refractivity contribution is 0.0572. The second kappa shape index (κ2) is 5.38. The lowest BCUT2D eigenvalue weighted by Crippen LogP contribution is -2.22. The molecule has 100 valence electrons. The van der Waals surface area contributed by atoms with Crippen molar-refractivity contribution in [2.75, 3.05) is 13.1 Å². The van der Waals surface area contributed by atoms with Crippen LogP contribution in [0.2, 0.25) is 0 Å². The Bertz CT molecular complexity index is 533. The third kappa shape index (κ3) is 2.84. The molecular weight excluding hydrogens is 260 g/mol. The molecule has 2 N–H and O–H groups in total. The Balaban J connectivity index is 1.69. The first kappa shape index (κ1) is 12.7. The molecule has 0 spiro atoms. The molecule has 1 aliphatic heterocycles. The number of aromatic nitrogens is 1. The fraction of sp³-hybridized carbons (Fsp3) is 0.357. The number of rotatable bonds is 3. The van der Waals surface area contributed by atoms with Crippen LogP contribution in [0.1, 0.15) is 5.69 Å². The standard InChI is InChI=1S/C14H16N2O2S/c17-12-7-16(8-13(12)18)6-11-9-19-14(15-11)10-4-2-1-3-5-10/h1-5,9,12-13,17-18H,6-8H2/t12-,13+. The fourth-order valence-electron chi connectivity index (χ4n) is 2.30. The number of thiazole rings is 1. The highest BCUT2D eigenvalue weighted by atomic mass is 32.1. The normalized spacial score (nSPS) is 23.9. The van der Waals surface area contributed by atoms with Crippen molar-refractivity contribution in [3.8, 4) is 10.6 Å². The van der Waals surface area contributed by atoms with Crippen LogP contribution in [0.4, 0.5) is 0 Å². The molecule has 4 nitrogen and oxygen atoms in total. The molecule has 3 rings (SSSR count). The molecule has 1 aromatic heterocycles. The predicted octanol–water partition coefficient (Wildman–Crippen LogP) is 1.35. The van der Waals surface area contributed by atoms with Gasteiger partial charge in [-0.1, -0.05) is 30.3 Å². The molecule has 0 aliphatic carbocycles. The van der Waals surface area contributed by atoms with Gasteiger partial charge in [0, 0.05) is 30.6 Å². The SMILES string of the molecule is O[C@@H]1CN(Cc2csc(-c3ccccc3)n2)C[C@@H]1O. The molecule has 2 atom stereocenters. The summed E-state index contributed by atoms with van der Waals surface area (Å²) in [5.74, 6) is 0. The first-order chi connectivity index (χ1) is 9.22. The minimum atomic E-state index is -0.632. The monoisotopic (exact) mass is 276 g/mol. The maximum absolute atomic E-state index is 9.52. The van der Waals surface area contributed by atoms with Crippen molar-refractivity contribution in [2.45, 2.75) is 18.8 Å². The highest BCUT2D eigenvalue weighted by Crippen LogP contribution is 2.24. The van der Waals surface area contributed by atoms with Gasteiger partial charge in [-0.25, -0.2) is 4.98 Å². The molecule has 0 amide bonds. The van der Waals surface area contributed by atoms with Crippen LogP contribution in [0, 0.1) is 0 Å². The molecule has 0 unspecified atom stereocenters. The maximum Gasteiger partial charge on any atom is 0.123 e. The van der Waals surface area contributed by atoms with Crippen LogP contribution in [-0.4, -0.2) is 45.4 Å². The summed E-state index contributed by atoms with van der Waals surface area (Å²) in [6, 6.07) is 10.1. The van der Waals surface area contributed by atoms with E-state index in [2.05, 4.69) is 4.98 Å². The summed E-state index contributed by atoms with van der Waals surface area (Å²) < 4.78 is 0. The smallest absolute Gasteiger partial charge is 0.123 e. The molecule has 2 heterocycles. The van der Waals surface area contributed by atoms with Gasteiger partial charge >= 0.3 is 0 Å². The summed E-state index contributed by atoms with van der Waals surface area (Å²) >= 11 is 1.62. The molecule has 0 radical (unpaired) electrons. The van der Waals surface area contributed by atoms with Crippen molar-refractivity contribution in [2.24, 2.45) is 0 Å². The van der Waals surface area contributed by atoms with E-state index in [4.69, 9.17) is 0 Å². The zero-order valence-corrected chi connectivity index (χ0v) is 11.3. The van der Waals surface area contributed by atoms with E-state index in [1.807, 2.05) is 40.6 Å². The van der Waals surface area contributed by atoms with Gasteiger partial charge in [-0.05, 0) is 0 Å². The van der Waals surface area contributed by atoms with E-state index < -0.39 is 12.2 Å². The molecule has 1 aliphatic rings. The zero-order valence-electron chi connectivity index (χ0n) is 10.4. The van der Waals surface area contributed by atoms with Crippen LogP contribution in [0.5, 0.6) is 0 Å². The van der Waals surface area contributed by atoms with E-state index in [1.54, 1.807) is 11.3 Å². The van der Waals surface area contributed by atoms with Gasteiger partial charge in [0.05, 0.1) is 17.9 Å². The topological polar surface area (TPSA) is 56.6 Å². The van der Waals surface area contributed by atoms with Gasteiger partial charge in [0.25, 0.3) is 0 Å². The van der Waals surface area contributed by atoms with Crippen LogP contribution in [0.25, 0.3) is 10.6 Å². The summed E-state index contributed by atoms with van der Waals surface area (Å²) in [4.78, 5) is 6.63. The van der Waals surface area contributed by atoms with Crippen LogP contribution >= 0.6 is 11.3 Å². The molecule has 2 aromatic rings. The van der Waals surface area contributed by atoms with Gasteiger partial charge in [-0.15, -0.1) is 11.3 Å². The molecule has 0 saturated carbocycles. The molecule has 0 bridgehead atoms. The Labute approximate surface area is 116 Å². The summed E-state index contributed by atoms with van der Waals surface area (Å²) in [6.07, 6.45) is -1.26. The number of hydrogen-bond donors (Lipinski definition) is 2. The second-order valence-corrected chi connectivity index (χ2v) is 5.70. The third-order valence-electron chi connectivity index (χ3n) is 3.29. The number of likely N-dealkylation sites (tertiary alicyclic amines) is 1. The quantitative estimate of drug-likeness (QED) is 0.888. The number of nitrogens with zero attached hydrogens (tertiary/aromatic N) is 2. The van der Waals surface area contributed by atoms with Crippen molar-refractivity contribution >= 4 is 11.3 Å². The first-order valence-corrected chi connectivity index (χ1v) is 7.18. The summed E-state index contributed by atoms with van der Waals surface area (Å²) in [7, 11) is 0. The number of aliphatic hydroxyl groups is 2. The van der Waals surface area contributed by atoms with E-state index in [1.165, 1.54) is 0 Å². The minimum absolute atomic E-state index is 0.513. The molecule has 5 heteroatoms. The van der Waals surface area contributed by atoms with Gasteiger partial charge in [0.1, 0.15) is 5.01 Å². The van der Waals surface area contributed by atoms with E-state index in [0.717, 1.165) is 16.3 Å². The molecule has 19 heavy (non-hydrogen) atoms. The fourth-order valence-corrected chi connectivity index (χ4v) is 3.12. The van der Waals surface area contributed by atoms with Crippen LogP contribution in [-0.2, 0) is 6.54 Å². The van der Waals surface area contributed by atoms with E-state index >= 15 is 0 Å². The first-order valence-electron chi connectivity index (χ1n) is 6.30. The predicted molar refractivity (Wildman–Crippen MR) is 74.8 cm³/mol. The van der Waals surface area contributed by atoms with Crippen molar-refractivity contribution in [1.29, 1.82) is 0 Å². The van der Waals surface area contributed by atoms with Gasteiger partial charge in [0.2, 0.25) is 0 Å². The Hall–Kier alpha value is -1.27. The van der Waals surface area contributed by atoms with Crippen LogP contribution in [0.15, 0.2) is 35.7 Å². The Morgan fingerprint density at radius 3 is 2.53 bits per heavy atom. The Morgan fingerprint density at radius 1 is 1.16 bits per heavy atom. The number of benzene rings is 1. The van der Waals surface area contributed by atoms with Gasteiger partial charge in [0.15, 0.2) is 0 Å². The van der Waals surface area contributed by atoms with Crippen LogP contribution in [0.3, 0.4) is 0 Å². The number of β-amino-alcohol motifs (C(OH)–C–C–N with tert-alkyl or cyclic N) is 2. The third-order valence-corrected chi connectivity index (χ3v) is 4.23. The molecule has 1 fully saturated rings. The molecule has 1 aromatic carbocycles. The van der Waals surface area contributed by atoms with Gasteiger partial charge in [-0.2, -0.15) is 0 Å². The molecular formula is C14H16N2O2S. The van der Waals surface area contributed by atoms with Crippen molar-refractivity contribution in [3.63, 3.8) is 0 Å². The zero-order chi connectivity index (χ0) is 13.2. The largest absolute Gasteiger partial charge is 0.389 e. The summed E-state index contributed by atoms with van der Waals surface area (Å²) in [5, 5.41) is 22.1. The lowest BCUT2D eigenvalue weighted by atomic mass is 10.2. The van der Waals surface area contributed by atoms with Crippen molar-refractivity contribution in [3.05, 3.63) is 41.4 Å². The van der Waals surface area contributed by atoms with Crippen LogP contribution < -0.4 is 0 Å². The summed E-state index contributed by atoms with van der Waals surface area (Å²) in [6.45, 7) is 1.70.